The van der Waals surface area contributed by atoms with Gasteiger partial charge in [-0.3, -0.25) is 4.79 Å². The number of hydrogen-bond acceptors (Lipinski definition) is 5. The van der Waals surface area contributed by atoms with Gasteiger partial charge in [-0.2, -0.15) is 5.26 Å². The van der Waals surface area contributed by atoms with Crippen LogP contribution in [0, 0.1) is 11.3 Å². The van der Waals surface area contributed by atoms with Gasteiger partial charge in [-0.1, -0.05) is 19.1 Å². The first-order chi connectivity index (χ1) is 12.5. The summed E-state index contributed by atoms with van der Waals surface area (Å²) >= 11 is 3.48. The maximum Gasteiger partial charge on any atom is 0.226 e. The van der Waals surface area contributed by atoms with Gasteiger partial charge >= 0.3 is 0 Å². The van der Waals surface area contributed by atoms with Gasteiger partial charge in [0.2, 0.25) is 5.91 Å². The van der Waals surface area contributed by atoms with Crippen LogP contribution < -0.4 is 0 Å². The highest BCUT2D eigenvalue weighted by atomic mass is 32.2. The molecule has 0 radical (unpaired) electrons. The third-order valence-corrected chi connectivity index (χ3v) is 6.82. The van der Waals surface area contributed by atoms with Crippen LogP contribution in [0.25, 0.3) is 9.40 Å². The summed E-state index contributed by atoms with van der Waals surface area (Å²) in [5, 5.41) is 22.6. The normalized spacial score (nSPS) is 12.1. The summed E-state index contributed by atoms with van der Waals surface area (Å²) in [5.41, 5.74) is 2.20. The Hall–Kier alpha value is -2.20. The van der Waals surface area contributed by atoms with Gasteiger partial charge in [0, 0.05) is 17.3 Å². The SMILES string of the molecule is CCc1cc2c(CC(=O)N(C)CC(O)c3cccc(C#N)c3)csc2s1. The molecular formula is C20H20N2O2S2. The third-order valence-electron chi connectivity index (χ3n) is 4.37. The summed E-state index contributed by atoms with van der Waals surface area (Å²) in [5.74, 6) is -0.0237. The summed E-state index contributed by atoms with van der Waals surface area (Å²) in [4.78, 5) is 15.5. The highest BCUT2D eigenvalue weighted by Crippen LogP contribution is 2.34. The monoisotopic (exact) mass is 384 g/mol. The molecule has 0 aliphatic carbocycles. The Kier molecular flexibility index (Phi) is 5.72. The number of hydrogen-bond donors (Lipinski definition) is 1. The molecule has 3 aromatic rings. The highest BCUT2D eigenvalue weighted by Gasteiger charge is 2.18. The van der Waals surface area contributed by atoms with Crippen molar-refractivity contribution in [3.63, 3.8) is 0 Å². The average molecular weight is 385 g/mol. The minimum atomic E-state index is -0.812. The number of rotatable bonds is 6. The third kappa shape index (κ3) is 3.96. The molecule has 2 heterocycles. The fraction of sp³-hybridized carbons (Fsp3) is 0.300. The van der Waals surface area contributed by atoms with E-state index in [2.05, 4.69) is 24.4 Å². The quantitative estimate of drug-likeness (QED) is 0.695. The van der Waals surface area contributed by atoms with E-state index in [4.69, 9.17) is 5.26 Å². The molecule has 134 valence electrons. The van der Waals surface area contributed by atoms with Crippen molar-refractivity contribution in [1.29, 1.82) is 5.26 Å². The molecule has 0 spiro atoms. The molecule has 6 heteroatoms. The molecule has 0 saturated heterocycles. The number of aliphatic hydroxyl groups excluding tert-OH is 1. The first-order valence-corrected chi connectivity index (χ1v) is 10.1. The van der Waals surface area contributed by atoms with Crippen LogP contribution in [0.4, 0.5) is 0 Å². The summed E-state index contributed by atoms with van der Waals surface area (Å²) in [6.07, 6.45) is 0.529. The molecule has 1 atom stereocenters. The number of amides is 1. The van der Waals surface area contributed by atoms with Crippen LogP contribution in [-0.4, -0.2) is 29.5 Å². The zero-order valence-corrected chi connectivity index (χ0v) is 16.4. The minimum absolute atomic E-state index is 0.0237. The van der Waals surface area contributed by atoms with E-state index in [-0.39, 0.29) is 12.5 Å². The van der Waals surface area contributed by atoms with Crippen LogP contribution in [0.2, 0.25) is 0 Å². The van der Waals surface area contributed by atoms with Crippen molar-refractivity contribution in [2.75, 3.05) is 13.6 Å². The van der Waals surface area contributed by atoms with Crippen LogP contribution in [0.5, 0.6) is 0 Å². The molecule has 0 aliphatic rings. The van der Waals surface area contributed by atoms with E-state index in [1.807, 2.05) is 0 Å². The Morgan fingerprint density at radius 3 is 2.92 bits per heavy atom. The highest BCUT2D eigenvalue weighted by molar-refractivity contribution is 7.37. The molecule has 2 aromatic heterocycles. The maximum absolute atomic E-state index is 12.6. The van der Waals surface area contributed by atoms with Crippen molar-refractivity contribution in [2.24, 2.45) is 0 Å². The number of fused-ring (bicyclic) bond motifs is 1. The van der Waals surface area contributed by atoms with Crippen molar-refractivity contribution in [2.45, 2.75) is 25.9 Å². The molecule has 0 aliphatic heterocycles. The standard InChI is InChI=1S/C20H20N2O2S2/c1-3-16-9-17-15(12-25-20(17)26-16)8-19(24)22(2)11-18(23)14-6-4-5-13(7-14)10-21/h4-7,9,12,18,23H,3,8,11H2,1-2H3. The van der Waals surface area contributed by atoms with Crippen LogP contribution in [0.15, 0.2) is 35.7 Å². The molecule has 0 bridgehead atoms. The number of benzene rings is 1. The number of thiophene rings is 2. The van der Waals surface area contributed by atoms with Crippen molar-refractivity contribution in [3.8, 4) is 6.07 Å². The van der Waals surface area contributed by atoms with Gasteiger partial charge in [0.1, 0.15) is 0 Å². The smallest absolute Gasteiger partial charge is 0.226 e. The number of aliphatic hydroxyl groups is 1. The lowest BCUT2D eigenvalue weighted by Gasteiger charge is -2.21. The first-order valence-electron chi connectivity index (χ1n) is 8.42. The van der Waals surface area contributed by atoms with Gasteiger partial charge < -0.3 is 10.0 Å². The number of carbonyl (C=O) groups excluding carboxylic acids is 1. The number of likely N-dealkylation sites (N-methyl/N-ethyl adjacent to an activating group) is 1. The van der Waals surface area contributed by atoms with E-state index in [9.17, 15) is 9.90 Å². The van der Waals surface area contributed by atoms with E-state index in [1.54, 1.807) is 58.9 Å². The van der Waals surface area contributed by atoms with E-state index >= 15 is 0 Å². The van der Waals surface area contributed by atoms with Gasteiger partial charge in [-0.25, -0.2) is 0 Å². The van der Waals surface area contributed by atoms with Crippen LogP contribution in [-0.2, 0) is 17.6 Å². The van der Waals surface area contributed by atoms with E-state index < -0.39 is 6.10 Å². The fourth-order valence-electron chi connectivity index (χ4n) is 2.81. The van der Waals surface area contributed by atoms with Crippen molar-refractivity contribution in [1.82, 2.24) is 4.90 Å². The fourth-order valence-corrected chi connectivity index (χ4v) is 5.11. The Balaban J connectivity index is 1.67. The average Bonchev–Trinajstić information content (AvgIpc) is 3.23. The van der Waals surface area contributed by atoms with Crippen molar-refractivity contribution in [3.05, 3.63) is 57.3 Å². The van der Waals surface area contributed by atoms with Gasteiger partial charge in [0.25, 0.3) is 0 Å². The zero-order valence-electron chi connectivity index (χ0n) is 14.7. The topological polar surface area (TPSA) is 64.3 Å². The van der Waals surface area contributed by atoms with Gasteiger partial charge in [0.15, 0.2) is 0 Å². The lowest BCUT2D eigenvalue weighted by atomic mass is 10.1. The van der Waals surface area contributed by atoms with Crippen molar-refractivity contribution < 1.29 is 9.90 Å². The summed E-state index contributed by atoms with van der Waals surface area (Å²) in [6, 6.07) is 11.1. The Labute approximate surface area is 160 Å². The lowest BCUT2D eigenvalue weighted by Crippen LogP contribution is -2.32. The second-order valence-electron chi connectivity index (χ2n) is 6.23. The van der Waals surface area contributed by atoms with Crippen LogP contribution in [0.3, 0.4) is 0 Å². The molecule has 3 rings (SSSR count). The number of aryl methyl sites for hydroxylation is 1. The van der Waals surface area contributed by atoms with E-state index in [1.165, 1.54) is 14.3 Å². The number of nitrogens with zero attached hydrogens (tertiary/aromatic N) is 2. The number of nitriles is 1. The molecule has 26 heavy (non-hydrogen) atoms. The van der Waals surface area contributed by atoms with Crippen LogP contribution >= 0.6 is 22.7 Å². The van der Waals surface area contributed by atoms with Crippen LogP contribution in [0.1, 0.15) is 34.6 Å². The second kappa shape index (κ2) is 8.00. The predicted octanol–water partition coefficient (Wildman–Crippen LogP) is 4.13. The Morgan fingerprint density at radius 2 is 2.19 bits per heavy atom. The second-order valence-corrected chi connectivity index (χ2v) is 8.51. The first kappa shape index (κ1) is 18.6. The Morgan fingerprint density at radius 1 is 1.38 bits per heavy atom. The lowest BCUT2D eigenvalue weighted by molar-refractivity contribution is -0.130. The van der Waals surface area contributed by atoms with Crippen molar-refractivity contribution >= 4 is 38.0 Å². The summed E-state index contributed by atoms with van der Waals surface area (Å²) in [6.45, 7) is 2.33. The molecule has 0 saturated carbocycles. The number of carbonyl (C=O) groups is 1. The largest absolute Gasteiger partial charge is 0.387 e. The molecular weight excluding hydrogens is 364 g/mol. The molecule has 1 N–H and O–H groups in total. The van der Waals surface area contributed by atoms with Gasteiger partial charge in [0.05, 0.1) is 34.7 Å². The van der Waals surface area contributed by atoms with E-state index in [0.29, 0.717) is 17.5 Å². The molecule has 0 fully saturated rings. The summed E-state index contributed by atoms with van der Waals surface area (Å²) < 4.78 is 1.26. The molecule has 4 nitrogen and oxygen atoms in total. The molecule has 1 unspecified atom stereocenters. The summed E-state index contributed by atoms with van der Waals surface area (Å²) in [7, 11) is 1.70. The zero-order chi connectivity index (χ0) is 18.7. The minimum Gasteiger partial charge on any atom is -0.387 e. The Bertz CT molecular complexity index is 968. The van der Waals surface area contributed by atoms with E-state index in [0.717, 1.165) is 12.0 Å². The molecule has 1 amide bonds. The van der Waals surface area contributed by atoms with Gasteiger partial charge in [-0.15, -0.1) is 22.7 Å². The predicted molar refractivity (Wildman–Crippen MR) is 107 cm³/mol. The maximum atomic E-state index is 12.6. The van der Waals surface area contributed by atoms with Gasteiger partial charge in [-0.05, 0) is 41.1 Å². The molecule has 1 aromatic carbocycles.